The maximum absolute atomic E-state index is 10.4. The highest BCUT2D eigenvalue weighted by Crippen LogP contribution is 2.60. The summed E-state index contributed by atoms with van der Waals surface area (Å²) in [7, 11) is 0. The molecule has 6 atom stereocenters. The molecule has 21 heavy (non-hydrogen) atoms. The van der Waals surface area contributed by atoms with Crippen molar-refractivity contribution in [3.8, 4) is 5.75 Å². The van der Waals surface area contributed by atoms with Gasteiger partial charge in [-0.2, -0.15) is 0 Å². The standard InChI is InChI=1S/C18H24O3/c1-18-7-6-13-12-5-3-11(19)8-10(12)2-4-14(13)15(18)9-16(20)17(18)21/h3,5,8,13-17,19-21H,2,4,6-7,9H2,1H3/t13-,14?,15+,16+,17+,18+/m1/s1. The third-order valence-corrected chi connectivity index (χ3v) is 6.68. The third kappa shape index (κ3) is 1.80. The fraction of sp³-hybridized carbons (Fsp3) is 0.667. The number of hydrogen-bond acceptors (Lipinski definition) is 3. The Kier molecular flexibility index (Phi) is 2.89. The molecule has 1 aromatic rings. The molecule has 4 rings (SSSR count). The molecule has 2 saturated carbocycles. The first kappa shape index (κ1) is 13.6. The van der Waals surface area contributed by atoms with Gasteiger partial charge in [0, 0.05) is 0 Å². The predicted molar refractivity (Wildman–Crippen MR) is 80.1 cm³/mol. The van der Waals surface area contributed by atoms with E-state index in [-0.39, 0.29) is 5.41 Å². The second-order valence-corrected chi connectivity index (χ2v) is 7.59. The van der Waals surface area contributed by atoms with Gasteiger partial charge in [0.05, 0.1) is 12.2 Å². The van der Waals surface area contributed by atoms with Gasteiger partial charge in [0.25, 0.3) is 0 Å². The van der Waals surface area contributed by atoms with E-state index in [0.29, 0.717) is 23.5 Å². The van der Waals surface area contributed by atoms with Gasteiger partial charge in [-0.15, -0.1) is 0 Å². The largest absolute Gasteiger partial charge is 0.508 e. The molecular formula is C18H24O3. The minimum Gasteiger partial charge on any atom is -0.508 e. The summed E-state index contributed by atoms with van der Waals surface area (Å²) in [5, 5.41) is 30.2. The molecule has 0 aromatic heterocycles. The van der Waals surface area contributed by atoms with Gasteiger partial charge in [-0.25, -0.2) is 0 Å². The zero-order valence-corrected chi connectivity index (χ0v) is 12.5. The molecule has 0 radical (unpaired) electrons. The van der Waals surface area contributed by atoms with Crippen molar-refractivity contribution in [2.75, 3.05) is 0 Å². The van der Waals surface area contributed by atoms with Gasteiger partial charge in [0.2, 0.25) is 0 Å². The summed E-state index contributed by atoms with van der Waals surface area (Å²) in [5.41, 5.74) is 2.57. The third-order valence-electron chi connectivity index (χ3n) is 6.68. The molecule has 0 amide bonds. The average molecular weight is 288 g/mol. The molecule has 1 unspecified atom stereocenters. The van der Waals surface area contributed by atoms with Gasteiger partial charge in [-0.1, -0.05) is 13.0 Å². The highest BCUT2D eigenvalue weighted by atomic mass is 16.3. The van der Waals surface area contributed by atoms with E-state index in [1.54, 1.807) is 6.07 Å². The molecule has 3 N–H and O–H groups in total. The van der Waals surface area contributed by atoms with Crippen molar-refractivity contribution in [2.24, 2.45) is 17.3 Å². The molecule has 3 aliphatic rings. The number of rotatable bonds is 0. The normalized spacial score (nSPS) is 44.8. The summed E-state index contributed by atoms with van der Waals surface area (Å²) in [6.45, 7) is 2.17. The Morgan fingerprint density at radius 1 is 1.19 bits per heavy atom. The Hall–Kier alpha value is -1.06. The van der Waals surface area contributed by atoms with E-state index in [4.69, 9.17) is 0 Å². The van der Waals surface area contributed by atoms with Gasteiger partial charge in [0.1, 0.15) is 5.75 Å². The predicted octanol–water partition coefficient (Wildman–Crippen LogP) is 2.58. The van der Waals surface area contributed by atoms with Crippen LogP contribution in [0.4, 0.5) is 0 Å². The lowest BCUT2D eigenvalue weighted by atomic mass is 9.55. The van der Waals surface area contributed by atoms with Crippen LogP contribution in [0.1, 0.15) is 49.7 Å². The smallest absolute Gasteiger partial charge is 0.115 e. The molecule has 1 aromatic carbocycles. The van der Waals surface area contributed by atoms with Crippen molar-refractivity contribution in [2.45, 2.75) is 57.2 Å². The number of benzene rings is 1. The van der Waals surface area contributed by atoms with Crippen LogP contribution in [-0.4, -0.2) is 27.5 Å². The Balaban J connectivity index is 1.71. The van der Waals surface area contributed by atoms with Crippen molar-refractivity contribution in [3.63, 3.8) is 0 Å². The second-order valence-electron chi connectivity index (χ2n) is 7.59. The average Bonchev–Trinajstić information content (AvgIpc) is 2.70. The van der Waals surface area contributed by atoms with Crippen LogP contribution in [0.15, 0.2) is 18.2 Å². The maximum atomic E-state index is 10.4. The fourth-order valence-electron chi connectivity index (χ4n) is 5.56. The first-order valence-electron chi connectivity index (χ1n) is 8.18. The first-order chi connectivity index (χ1) is 10.0. The van der Waals surface area contributed by atoms with Gasteiger partial charge in [0.15, 0.2) is 0 Å². The van der Waals surface area contributed by atoms with Crippen molar-refractivity contribution in [1.82, 2.24) is 0 Å². The maximum Gasteiger partial charge on any atom is 0.115 e. The molecule has 0 aliphatic heterocycles. The van der Waals surface area contributed by atoms with E-state index in [2.05, 4.69) is 13.0 Å². The lowest BCUT2D eigenvalue weighted by Gasteiger charge is -2.49. The molecule has 3 heteroatoms. The molecule has 3 aliphatic carbocycles. The van der Waals surface area contributed by atoms with Crippen LogP contribution in [0, 0.1) is 17.3 Å². The number of aliphatic hydroxyl groups is 2. The minimum absolute atomic E-state index is 0.116. The van der Waals surface area contributed by atoms with Crippen molar-refractivity contribution >= 4 is 0 Å². The van der Waals surface area contributed by atoms with E-state index in [1.807, 2.05) is 6.07 Å². The lowest BCUT2D eigenvalue weighted by Crippen LogP contribution is -2.44. The number of phenolic OH excluding ortho intramolecular Hbond substituents is 1. The molecule has 0 heterocycles. The van der Waals surface area contributed by atoms with Crippen molar-refractivity contribution in [1.29, 1.82) is 0 Å². The lowest BCUT2D eigenvalue weighted by molar-refractivity contribution is -0.0505. The van der Waals surface area contributed by atoms with Crippen molar-refractivity contribution < 1.29 is 15.3 Å². The molecule has 2 fully saturated rings. The summed E-state index contributed by atoms with van der Waals surface area (Å²) in [6.07, 6.45) is 3.80. The number of phenols is 1. The molecule has 0 saturated heterocycles. The van der Waals surface area contributed by atoms with Crippen molar-refractivity contribution in [3.05, 3.63) is 29.3 Å². The zero-order valence-electron chi connectivity index (χ0n) is 12.5. The Morgan fingerprint density at radius 2 is 2.00 bits per heavy atom. The summed E-state index contributed by atoms with van der Waals surface area (Å²) >= 11 is 0. The van der Waals surface area contributed by atoms with Crippen LogP contribution < -0.4 is 0 Å². The van der Waals surface area contributed by atoms with Gasteiger partial charge in [-0.05, 0) is 78.5 Å². The highest BCUT2D eigenvalue weighted by molar-refractivity contribution is 5.40. The van der Waals surface area contributed by atoms with Gasteiger partial charge in [-0.3, -0.25) is 0 Å². The molecule has 0 spiro atoms. The van der Waals surface area contributed by atoms with Crippen LogP contribution >= 0.6 is 0 Å². The van der Waals surface area contributed by atoms with E-state index in [0.717, 1.165) is 32.1 Å². The van der Waals surface area contributed by atoms with E-state index < -0.39 is 12.2 Å². The quantitative estimate of drug-likeness (QED) is 0.687. The fourth-order valence-corrected chi connectivity index (χ4v) is 5.56. The summed E-state index contributed by atoms with van der Waals surface area (Å²) in [5.74, 6) is 1.88. The molecule has 114 valence electrons. The monoisotopic (exact) mass is 288 g/mol. The summed E-state index contributed by atoms with van der Waals surface area (Å²) < 4.78 is 0. The van der Waals surface area contributed by atoms with Gasteiger partial charge < -0.3 is 15.3 Å². The minimum atomic E-state index is -0.565. The number of aromatic hydroxyl groups is 1. The van der Waals surface area contributed by atoms with Crippen LogP contribution in [0.5, 0.6) is 5.75 Å². The van der Waals surface area contributed by atoms with E-state index in [9.17, 15) is 15.3 Å². The number of hydrogen-bond donors (Lipinski definition) is 3. The second kappa shape index (κ2) is 4.47. The molecule has 0 bridgehead atoms. The van der Waals surface area contributed by atoms with E-state index >= 15 is 0 Å². The number of fused-ring (bicyclic) bond motifs is 5. The van der Waals surface area contributed by atoms with Gasteiger partial charge >= 0.3 is 0 Å². The Labute approximate surface area is 125 Å². The SMILES string of the molecule is C[C@]12CC[C@@H]3c4ccc(O)cc4CCC3[C@@H]1C[C@H](O)[C@@H]2O. The Bertz CT molecular complexity index is 570. The van der Waals surface area contributed by atoms with Crippen LogP contribution in [0.2, 0.25) is 0 Å². The summed E-state index contributed by atoms with van der Waals surface area (Å²) in [4.78, 5) is 0. The molecular weight excluding hydrogens is 264 g/mol. The van der Waals surface area contributed by atoms with Crippen LogP contribution in [-0.2, 0) is 6.42 Å². The number of aliphatic hydroxyl groups excluding tert-OH is 2. The van der Waals surface area contributed by atoms with E-state index in [1.165, 1.54) is 11.1 Å². The Morgan fingerprint density at radius 3 is 2.81 bits per heavy atom. The van der Waals surface area contributed by atoms with Crippen LogP contribution in [0.25, 0.3) is 0 Å². The molecule has 3 nitrogen and oxygen atoms in total. The number of aryl methyl sites for hydroxylation is 1. The van der Waals surface area contributed by atoms with Crippen LogP contribution in [0.3, 0.4) is 0 Å². The summed E-state index contributed by atoms with van der Waals surface area (Å²) in [6, 6.07) is 5.80. The highest BCUT2D eigenvalue weighted by Gasteiger charge is 2.57. The topological polar surface area (TPSA) is 60.7 Å². The zero-order chi connectivity index (χ0) is 14.8. The first-order valence-corrected chi connectivity index (χ1v) is 8.18.